The van der Waals surface area contributed by atoms with Crippen molar-refractivity contribution in [2.45, 2.75) is 52.0 Å². The van der Waals surface area contributed by atoms with E-state index in [9.17, 15) is 18.3 Å². The molecule has 0 heterocycles. The fourth-order valence-electron chi connectivity index (χ4n) is 2.18. The van der Waals surface area contributed by atoms with E-state index in [0.29, 0.717) is 25.4 Å². The minimum Gasteiger partial charge on any atom is -0.494 e. The Labute approximate surface area is 164 Å². The number of alkyl halides is 3. The van der Waals surface area contributed by atoms with Gasteiger partial charge in [0.05, 0.1) is 19.8 Å². The summed E-state index contributed by atoms with van der Waals surface area (Å²) >= 11 is 0. The SMILES string of the molecule is C[C@H](C#CC(O)[C@@H](C)CCOCc1ccc(OCCCC(F)(F)F)cc1)CO. The smallest absolute Gasteiger partial charge is 0.389 e. The predicted octanol–water partition coefficient (Wildman–Crippen LogP) is 3.94. The van der Waals surface area contributed by atoms with Crippen molar-refractivity contribution in [2.75, 3.05) is 19.8 Å². The third-order valence-corrected chi connectivity index (χ3v) is 4.07. The highest BCUT2D eigenvalue weighted by molar-refractivity contribution is 5.26. The van der Waals surface area contributed by atoms with Crippen LogP contribution in [0.25, 0.3) is 0 Å². The summed E-state index contributed by atoms with van der Waals surface area (Å²) in [7, 11) is 0. The second-order valence-electron chi connectivity index (χ2n) is 6.85. The van der Waals surface area contributed by atoms with Crippen molar-refractivity contribution in [3.8, 4) is 17.6 Å². The average Bonchev–Trinajstić information content (AvgIpc) is 2.66. The molecule has 0 amide bonds. The number of rotatable bonds is 11. The number of ether oxygens (including phenoxy) is 2. The molecule has 2 N–H and O–H groups in total. The molecule has 1 unspecified atom stereocenters. The molecule has 7 heteroatoms. The highest BCUT2D eigenvalue weighted by atomic mass is 19.4. The summed E-state index contributed by atoms with van der Waals surface area (Å²) in [5.41, 5.74) is 0.924. The molecule has 0 aliphatic heterocycles. The molecule has 1 aromatic carbocycles. The Hall–Kier alpha value is -1.75. The van der Waals surface area contributed by atoms with Gasteiger partial charge in [0.1, 0.15) is 11.9 Å². The standard InChI is InChI=1S/C21H29F3O4/c1-16(14-25)4-9-20(26)17(2)10-13-27-15-18-5-7-19(8-6-18)28-12-3-11-21(22,23)24/h5-8,16-17,20,25-26H,3,10-15H2,1-2H3/t16-,17+,20?/m1/s1. The zero-order valence-electron chi connectivity index (χ0n) is 16.3. The van der Waals surface area contributed by atoms with E-state index < -0.39 is 18.7 Å². The van der Waals surface area contributed by atoms with E-state index in [4.69, 9.17) is 14.6 Å². The van der Waals surface area contributed by atoms with Crippen LogP contribution < -0.4 is 4.74 Å². The molecule has 0 fully saturated rings. The molecule has 0 aromatic heterocycles. The van der Waals surface area contributed by atoms with Crippen LogP contribution in [0.3, 0.4) is 0 Å². The lowest BCUT2D eigenvalue weighted by molar-refractivity contribution is -0.136. The van der Waals surface area contributed by atoms with Crippen molar-refractivity contribution >= 4 is 0 Å². The molecule has 3 atom stereocenters. The van der Waals surface area contributed by atoms with Gasteiger partial charge < -0.3 is 19.7 Å². The Morgan fingerprint density at radius 1 is 1.07 bits per heavy atom. The summed E-state index contributed by atoms with van der Waals surface area (Å²) in [5.74, 6) is 5.86. The maximum Gasteiger partial charge on any atom is 0.389 e. The molecule has 0 radical (unpaired) electrons. The summed E-state index contributed by atoms with van der Waals surface area (Å²) in [6.45, 7) is 4.52. The fourth-order valence-corrected chi connectivity index (χ4v) is 2.18. The molecule has 0 spiro atoms. The van der Waals surface area contributed by atoms with Gasteiger partial charge in [0, 0.05) is 18.9 Å². The van der Waals surface area contributed by atoms with E-state index in [-0.39, 0.29) is 31.5 Å². The number of halogens is 3. The lowest BCUT2D eigenvalue weighted by Crippen LogP contribution is -2.17. The van der Waals surface area contributed by atoms with Crippen LogP contribution in [-0.4, -0.2) is 42.3 Å². The summed E-state index contributed by atoms with van der Waals surface area (Å²) < 4.78 is 47.1. The van der Waals surface area contributed by atoms with Crippen LogP contribution in [0.5, 0.6) is 5.75 Å². The minimum atomic E-state index is -4.15. The fraction of sp³-hybridized carbons (Fsp3) is 0.619. The first-order chi connectivity index (χ1) is 13.2. The van der Waals surface area contributed by atoms with Crippen molar-refractivity contribution < 1.29 is 32.9 Å². The first-order valence-corrected chi connectivity index (χ1v) is 9.37. The average molecular weight is 402 g/mol. The normalized spacial score (nSPS) is 14.7. The van der Waals surface area contributed by atoms with E-state index in [1.807, 2.05) is 6.92 Å². The molecule has 0 aliphatic rings. The topological polar surface area (TPSA) is 58.9 Å². The Morgan fingerprint density at radius 2 is 1.75 bits per heavy atom. The van der Waals surface area contributed by atoms with Crippen LogP contribution in [0.1, 0.15) is 38.7 Å². The minimum absolute atomic E-state index is 0.0234. The summed E-state index contributed by atoms with van der Waals surface area (Å²) in [6, 6.07) is 7.02. The molecule has 1 aromatic rings. The number of hydrogen-bond acceptors (Lipinski definition) is 4. The third-order valence-electron chi connectivity index (χ3n) is 4.07. The molecule has 0 bridgehead atoms. The van der Waals surface area contributed by atoms with Crippen LogP contribution in [0.2, 0.25) is 0 Å². The van der Waals surface area contributed by atoms with Gasteiger partial charge in [0.15, 0.2) is 0 Å². The predicted molar refractivity (Wildman–Crippen MR) is 101 cm³/mol. The first-order valence-electron chi connectivity index (χ1n) is 9.37. The molecule has 0 saturated heterocycles. The van der Waals surface area contributed by atoms with Crippen molar-refractivity contribution in [1.82, 2.24) is 0 Å². The van der Waals surface area contributed by atoms with E-state index in [1.165, 1.54) is 0 Å². The zero-order valence-corrected chi connectivity index (χ0v) is 16.3. The molecule has 4 nitrogen and oxygen atoms in total. The van der Waals surface area contributed by atoms with Gasteiger partial charge in [0.2, 0.25) is 0 Å². The quantitative estimate of drug-likeness (QED) is 0.435. The van der Waals surface area contributed by atoms with Crippen molar-refractivity contribution in [2.24, 2.45) is 11.8 Å². The van der Waals surface area contributed by atoms with Gasteiger partial charge in [-0.1, -0.05) is 30.9 Å². The maximum atomic E-state index is 12.1. The summed E-state index contributed by atoms with van der Waals surface area (Å²) in [6.07, 6.45) is -5.18. The Morgan fingerprint density at radius 3 is 2.36 bits per heavy atom. The van der Waals surface area contributed by atoms with Crippen molar-refractivity contribution in [1.29, 1.82) is 0 Å². The Bertz CT molecular complexity index is 605. The van der Waals surface area contributed by atoms with E-state index in [0.717, 1.165) is 5.56 Å². The molecule has 1 rings (SSSR count). The molecule has 158 valence electrons. The monoisotopic (exact) mass is 402 g/mol. The number of aliphatic hydroxyl groups excluding tert-OH is 2. The van der Waals surface area contributed by atoms with Gasteiger partial charge in [0.25, 0.3) is 0 Å². The van der Waals surface area contributed by atoms with Crippen molar-refractivity contribution in [3.05, 3.63) is 29.8 Å². The van der Waals surface area contributed by atoms with Gasteiger partial charge in [-0.2, -0.15) is 13.2 Å². The van der Waals surface area contributed by atoms with E-state index in [2.05, 4.69) is 11.8 Å². The van der Waals surface area contributed by atoms with Gasteiger partial charge in [-0.25, -0.2) is 0 Å². The van der Waals surface area contributed by atoms with Gasteiger partial charge in [-0.05, 0) is 43.4 Å². The number of hydrogen-bond donors (Lipinski definition) is 2. The van der Waals surface area contributed by atoms with Gasteiger partial charge in [-0.15, -0.1) is 0 Å². The second-order valence-corrected chi connectivity index (χ2v) is 6.85. The Kier molecular flexibility index (Phi) is 11.0. The molecule has 0 saturated carbocycles. The number of benzene rings is 1. The molecular formula is C21H29F3O4. The van der Waals surface area contributed by atoms with Crippen LogP contribution in [0, 0.1) is 23.7 Å². The van der Waals surface area contributed by atoms with Crippen LogP contribution >= 0.6 is 0 Å². The highest BCUT2D eigenvalue weighted by Gasteiger charge is 2.26. The van der Waals surface area contributed by atoms with Crippen LogP contribution in [0.4, 0.5) is 13.2 Å². The molecule has 28 heavy (non-hydrogen) atoms. The summed E-state index contributed by atoms with van der Waals surface area (Å²) in [5, 5.41) is 18.9. The molecule has 0 aliphatic carbocycles. The van der Waals surface area contributed by atoms with E-state index in [1.54, 1.807) is 31.2 Å². The lowest BCUT2D eigenvalue weighted by Gasteiger charge is -2.14. The lowest BCUT2D eigenvalue weighted by atomic mass is 10.0. The van der Waals surface area contributed by atoms with Gasteiger partial charge in [-0.3, -0.25) is 0 Å². The highest BCUT2D eigenvalue weighted by Crippen LogP contribution is 2.21. The molecular weight excluding hydrogens is 373 g/mol. The summed E-state index contributed by atoms with van der Waals surface area (Å²) in [4.78, 5) is 0. The van der Waals surface area contributed by atoms with Gasteiger partial charge >= 0.3 is 6.18 Å². The first kappa shape index (κ1) is 24.3. The maximum absolute atomic E-state index is 12.1. The van der Waals surface area contributed by atoms with Crippen molar-refractivity contribution in [3.63, 3.8) is 0 Å². The number of aliphatic hydroxyl groups is 2. The third kappa shape index (κ3) is 11.2. The zero-order chi connectivity index (χ0) is 21.0. The van der Waals surface area contributed by atoms with Crippen LogP contribution in [0.15, 0.2) is 24.3 Å². The van der Waals surface area contributed by atoms with E-state index >= 15 is 0 Å². The van der Waals surface area contributed by atoms with Crippen LogP contribution in [-0.2, 0) is 11.3 Å². The Balaban J connectivity index is 2.24. The largest absolute Gasteiger partial charge is 0.494 e. The second kappa shape index (κ2) is 12.7.